The Kier molecular flexibility index (Phi) is 4.85. The van der Waals surface area contributed by atoms with Gasteiger partial charge in [-0.2, -0.15) is 0 Å². The van der Waals surface area contributed by atoms with E-state index in [1.807, 2.05) is 28.5 Å². The number of aromatic nitrogens is 2. The van der Waals surface area contributed by atoms with Crippen LogP contribution >= 0.6 is 22.7 Å². The fourth-order valence-corrected chi connectivity index (χ4v) is 5.71. The number of nitrogens with zero attached hydrogens (tertiary/aromatic N) is 2. The van der Waals surface area contributed by atoms with Crippen molar-refractivity contribution in [1.29, 1.82) is 0 Å². The number of thiophene rings is 1. The zero-order chi connectivity index (χ0) is 19.8. The Morgan fingerprint density at radius 2 is 2.14 bits per heavy atom. The van der Waals surface area contributed by atoms with E-state index in [9.17, 15) is 4.79 Å². The van der Waals surface area contributed by atoms with Crippen molar-refractivity contribution in [3.05, 3.63) is 58.5 Å². The zero-order valence-corrected chi connectivity index (χ0v) is 17.7. The molecule has 0 bridgehead atoms. The van der Waals surface area contributed by atoms with Gasteiger partial charge in [0.2, 0.25) is 0 Å². The maximum absolute atomic E-state index is 12.9. The molecule has 1 fully saturated rings. The van der Waals surface area contributed by atoms with Crippen molar-refractivity contribution in [2.75, 3.05) is 20.2 Å². The third-order valence-electron chi connectivity index (χ3n) is 5.59. The summed E-state index contributed by atoms with van der Waals surface area (Å²) in [6.07, 6.45) is 5.77. The van der Waals surface area contributed by atoms with E-state index in [1.54, 1.807) is 24.6 Å². The number of benzene rings is 1. The van der Waals surface area contributed by atoms with Gasteiger partial charge in [0.05, 0.1) is 18.2 Å². The molecule has 0 aliphatic carbocycles. The number of piperidine rings is 1. The smallest absolute Gasteiger partial charge is 0.265 e. The molecule has 4 heterocycles. The second kappa shape index (κ2) is 7.65. The van der Waals surface area contributed by atoms with E-state index >= 15 is 0 Å². The monoisotopic (exact) mass is 423 g/mol. The number of ether oxygens (including phenoxy) is 1. The van der Waals surface area contributed by atoms with Crippen molar-refractivity contribution in [1.82, 2.24) is 14.9 Å². The predicted octanol–water partition coefficient (Wildman–Crippen LogP) is 5.38. The van der Waals surface area contributed by atoms with Gasteiger partial charge in [0.1, 0.15) is 15.6 Å². The number of hydrogen-bond donors (Lipinski definition) is 1. The fourth-order valence-electron chi connectivity index (χ4n) is 4.02. The fraction of sp³-hybridized carbons (Fsp3) is 0.273. The molecule has 0 atom stereocenters. The second-order valence-electron chi connectivity index (χ2n) is 7.23. The number of fused-ring (bicyclic) bond motifs is 1. The highest BCUT2D eigenvalue weighted by Crippen LogP contribution is 2.36. The van der Waals surface area contributed by atoms with Gasteiger partial charge in [-0.3, -0.25) is 4.79 Å². The van der Waals surface area contributed by atoms with Gasteiger partial charge in [0, 0.05) is 30.2 Å². The molecule has 1 aliphatic heterocycles. The van der Waals surface area contributed by atoms with Gasteiger partial charge < -0.3 is 14.6 Å². The van der Waals surface area contributed by atoms with Gasteiger partial charge in [0.25, 0.3) is 5.91 Å². The van der Waals surface area contributed by atoms with E-state index in [-0.39, 0.29) is 5.91 Å². The van der Waals surface area contributed by atoms with E-state index in [0.29, 0.717) is 5.92 Å². The molecule has 1 amide bonds. The van der Waals surface area contributed by atoms with Crippen LogP contribution in [0.1, 0.15) is 34.0 Å². The lowest BCUT2D eigenvalue weighted by Gasteiger charge is -2.31. The highest BCUT2D eigenvalue weighted by Gasteiger charge is 2.27. The molecule has 5 nitrogen and oxygen atoms in total. The number of nitrogens with one attached hydrogen (secondary N) is 1. The number of likely N-dealkylation sites (tertiary alicyclic amines) is 1. The summed E-state index contributed by atoms with van der Waals surface area (Å²) in [6.45, 7) is 1.54. The van der Waals surface area contributed by atoms with Crippen LogP contribution in [-0.4, -0.2) is 41.0 Å². The largest absolute Gasteiger partial charge is 0.497 e. The molecule has 0 spiro atoms. The lowest BCUT2D eigenvalue weighted by molar-refractivity contribution is 0.0718. The normalized spacial score (nSPS) is 15.1. The van der Waals surface area contributed by atoms with E-state index < -0.39 is 0 Å². The van der Waals surface area contributed by atoms with E-state index in [1.165, 1.54) is 22.3 Å². The minimum atomic E-state index is 0.101. The number of hydrogen-bond acceptors (Lipinski definition) is 5. The van der Waals surface area contributed by atoms with Crippen LogP contribution in [0.5, 0.6) is 5.75 Å². The average Bonchev–Trinajstić information content (AvgIpc) is 3.53. The molecule has 1 N–H and O–H groups in total. The van der Waals surface area contributed by atoms with E-state index in [0.717, 1.165) is 52.0 Å². The van der Waals surface area contributed by atoms with Gasteiger partial charge in [0.15, 0.2) is 0 Å². The standard InChI is InChI=1S/C22H21N3O2S2/c1-27-15-4-5-18-16(11-15)17(12-23-18)14-6-8-25(9-7-14)22(26)20-13-24-21(29-20)19-3-2-10-28-19/h2-5,10-14,23H,6-9H2,1H3. The van der Waals surface area contributed by atoms with Crippen LogP contribution in [-0.2, 0) is 0 Å². The van der Waals surface area contributed by atoms with Gasteiger partial charge in [-0.05, 0) is 54.0 Å². The molecule has 148 valence electrons. The van der Waals surface area contributed by atoms with Gasteiger partial charge in [-0.1, -0.05) is 6.07 Å². The Morgan fingerprint density at radius 1 is 1.28 bits per heavy atom. The molecule has 29 heavy (non-hydrogen) atoms. The Balaban J connectivity index is 1.29. The van der Waals surface area contributed by atoms with Crippen LogP contribution in [0.15, 0.2) is 48.1 Å². The summed E-state index contributed by atoms with van der Waals surface area (Å²) >= 11 is 3.14. The zero-order valence-electron chi connectivity index (χ0n) is 16.1. The Labute approximate surface area is 177 Å². The summed E-state index contributed by atoms with van der Waals surface area (Å²) in [5.74, 6) is 1.42. The SMILES string of the molecule is COc1ccc2[nH]cc(C3CCN(C(=O)c4cnc(-c5cccs5)s4)CC3)c2c1. The number of carbonyl (C=O) groups is 1. The van der Waals surface area contributed by atoms with E-state index in [4.69, 9.17) is 4.74 Å². The molecule has 5 rings (SSSR count). The summed E-state index contributed by atoms with van der Waals surface area (Å²) in [6, 6.07) is 10.2. The molecule has 7 heteroatoms. The highest BCUT2D eigenvalue weighted by molar-refractivity contribution is 7.21. The number of rotatable bonds is 4. The number of amides is 1. The first kappa shape index (κ1) is 18.4. The van der Waals surface area contributed by atoms with Crippen LogP contribution in [0.4, 0.5) is 0 Å². The third-order valence-corrected chi connectivity index (χ3v) is 7.62. The van der Waals surface area contributed by atoms with E-state index in [2.05, 4.69) is 28.3 Å². The summed E-state index contributed by atoms with van der Waals surface area (Å²) < 4.78 is 5.39. The molecular formula is C22H21N3O2S2. The van der Waals surface area contributed by atoms with Crippen molar-refractivity contribution in [2.45, 2.75) is 18.8 Å². The van der Waals surface area contributed by atoms with Crippen LogP contribution in [0.2, 0.25) is 0 Å². The van der Waals surface area contributed by atoms with Gasteiger partial charge in [-0.15, -0.1) is 22.7 Å². The number of H-pyrrole nitrogens is 1. The second-order valence-corrected chi connectivity index (χ2v) is 9.21. The Bertz CT molecular complexity index is 1140. The summed E-state index contributed by atoms with van der Waals surface area (Å²) in [7, 11) is 1.70. The van der Waals surface area contributed by atoms with Crippen LogP contribution in [0.25, 0.3) is 20.8 Å². The quantitative estimate of drug-likeness (QED) is 0.479. The Morgan fingerprint density at radius 3 is 2.90 bits per heavy atom. The summed E-state index contributed by atoms with van der Waals surface area (Å²) in [5.41, 5.74) is 2.45. The molecular weight excluding hydrogens is 402 g/mol. The van der Waals surface area contributed by atoms with Crippen molar-refractivity contribution >= 4 is 39.5 Å². The van der Waals surface area contributed by atoms with Crippen LogP contribution in [0, 0.1) is 0 Å². The number of methoxy groups -OCH3 is 1. The number of aromatic amines is 1. The summed E-state index contributed by atoms with van der Waals surface area (Å²) in [5, 5.41) is 4.17. The number of thiazole rings is 1. The highest BCUT2D eigenvalue weighted by atomic mass is 32.1. The van der Waals surface area contributed by atoms with Crippen molar-refractivity contribution < 1.29 is 9.53 Å². The minimum absolute atomic E-state index is 0.101. The molecule has 0 unspecified atom stereocenters. The summed E-state index contributed by atoms with van der Waals surface area (Å²) in [4.78, 5) is 24.6. The van der Waals surface area contributed by atoms with Crippen molar-refractivity contribution in [3.8, 4) is 15.6 Å². The molecule has 1 aliphatic rings. The lowest BCUT2D eigenvalue weighted by atomic mass is 9.89. The molecule has 3 aromatic heterocycles. The Hall–Kier alpha value is -2.64. The van der Waals surface area contributed by atoms with Gasteiger partial charge >= 0.3 is 0 Å². The lowest BCUT2D eigenvalue weighted by Crippen LogP contribution is -2.37. The van der Waals surface area contributed by atoms with Crippen LogP contribution in [0.3, 0.4) is 0 Å². The van der Waals surface area contributed by atoms with Gasteiger partial charge in [-0.25, -0.2) is 4.98 Å². The first-order chi connectivity index (χ1) is 14.2. The molecule has 0 saturated carbocycles. The molecule has 1 saturated heterocycles. The molecule has 4 aromatic rings. The topological polar surface area (TPSA) is 58.2 Å². The first-order valence-electron chi connectivity index (χ1n) is 9.67. The first-order valence-corrected chi connectivity index (χ1v) is 11.4. The van der Waals surface area contributed by atoms with Crippen LogP contribution < -0.4 is 4.74 Å². The number of carbonyl (C=O) groups excluding carboxylic acids is 1. The average molecular weight is 424 g/mol. The maximum atomic E-state index is 12.9. The predicted molar refractivity (Wildman–Crippen MR) is 118 cm³/mol. The maximum Gasteiger partial charge on any atom is 0.265 e. The van der Waals surface area contributed by atoms with Crippen molar-refractivity contribution in [2.24, 2.45) is 0 Å². The molecule has 1 aromatic carbocycles. The third kappa shape index (κ3) is 3.45. The minimum Gasteiger partial charge on any atom is -0.497 e. The van der Waals surface area contributed by atoms with Crippen molar-refractivity contribution in [3.63, 3.8) is 0 Å². The molecule has 0 radical (unpaired) electrons.